The van der Waals surface area contributed by atoms with Crippen molar-refractivity contribution in [2.75, 3.05) is 19.0 Å². The third-order valence-corrected chi connectivity index (χ3v) is 4.30. The first-order chi connectivity index (χ1) is 11.1. The van der Waals surface area contributed by atoms with Crippen molar-refractivity contribution < 1.29 is 9.53 Å². The average molecular weight is 331 g/mol. The lowest BCUT2D eigenvalue weighted by Gasteiger charge is -2.08. The first-order valence-corrected chi connectivity index (χ1v) is 7.87. The van der Waals surface area contributed by atoms with E-state index in [2.05, 4.69) is 20.3 Å². The molecule has 0 aliphatic carbocycles. The quantitative estimate of drug-likeness (QED) is 0.662. The monoisotopic (exact) mass is 331 g/mol. The molecular formula is C15H17N5O2S. The molecule has 0 bridgehead atoms. The third-order valence-electron chi connectivity index (χ3n) is 3.42. The van der Waals surface area contributed by atoms with Crippen LogP contribution in [-0.2, 0) is 9.53 Å². The summed E-state index contributed by atoms with van der Waals surface area (Å²) in [7, 11) is 1.50. The highest BCUT2D eigenvalue weighted by atomic mass is 32.1. The van der Waals surface area contributed by atoms with Gasteiger partial charge in [0.1, 0.15) is 11.7 Å². The van der Waals surface area contributed by atoms with Gasteiger partial charge in [-0.2, -0.15) is 0 Å². The molecule has 0 aliphatic heterocycles. The molecule has 120 valence electrons. The second-order valence-corrected chi connectivity index (χ2v) is 6.28. The number of methoxy groups -OCH3 is 1. The summed E-state index contributed by atoms with van der Waals surface area (Å²) >= 11 is 1.41. The van der Waals surface area contributed by atoms with Gasteiger partial charge in [0.25, 0.3) is 0 Å². The number of ether oxygens (including phenoxy) is 1. The Balaban J connectivity index is 1.88. The summed E-state index contributed by atoms with van der Waals surface area (Å²) in [5.74, 6) is -0.312. The van der Waals surface area contributed by atoms with Gasteiger partial charge in [-0.15, -0.1) is 11.3 Å². The average Bonchev–Trinajstić information content (AvgIpc) is 3.10. The van der Waals surface area contributed by atoms with Crippen LogP contribution in [0.15, 0.2) is 24.5 Å². The van der Waals surface area contributed by atoms with Crippen LogP contribution in [0.3, 0.4) is 0 Å². The first kappa shape index (κ1) is 15.6. The number of carbonyl (C=O) groups excluding carboxylic acids is 1. The smallest absolute Gasteiger partial charge is 0.245 e. The number of rotatable bonds is 5. The predicted molar refractivity (Wildman–Crippen MR) is 90.4 cm³/mol. The molecule has 0 radical (unpaired) electrons. The molecule has 7 nitrogen and oxygen atoms in total. The standard InChI is InChI=1S/C15H17N5O2S/c1-8-12(10-6-18-13-9(10)4-3-5-17-13)19-15(23-8)20-14(21)11(16)7-22-2/h3-6,11H,7,16H2,1-2H3,(H,17,18)(H,19,20,21). The van der Waals surface area contributed by atoms with Gasteiger partial charge in [0, 0.05) is 35.3 Å². The van der Waals surface area contributed by atoms with Crippen molar-refractivity contribution >= 4 is 33.4 Å². The normalized spacial score (nSPS) is 12.5. The maximum atomic E-state index is 12.0. The molecule has 0 spiro atoms. The van der Waals surface area contributed by atoms with E-state index in [0.29, 0.717) is 5.13 Å². The second kappa shape index (κ2) is 6.45. The number of aromatic nitrogens is 3. The van der Waals surface area contributed by atoms with E-state index in [4.69, 9.17) is 10.5 Å². The van der Waals surface area contributed by atoms with Crippen LogP contribution in [0.2, 0.25) is 0 Å². The van der Waals surface area contributed by atoms with E-state index in [-0.39, 0.29) is 12.5 Å². The molecule has 3 heterocycles. The van der Waals surface area contributed by atoms with Gasteiger partial charge in [-0.25, -0.2) is 9.97 Å². The van der Waals surface area contributed by atoms with Crippen molar-refractivity contribution in [1.82, 2.24) is 15.0 Å². The highest BCUT2D eigenvalue weighted by Gasteiger charge is 2.18. The van der Waals surface area contributed by atoms with E-state index in [1.54, 1.807) is 6.20 Å². The second-order valence-electron chi connectivity index (χ2n) is 5.08. The van der Waals surface area contributed by atoms with E-state index in [0.717, 1.165) is 27.2 Å². The lowest BCUT2D eigenvalue weighted by molar-refractivity contribution is -0.118. The molecule has 23 heavy (non-hydrogen) atoms. The lowest BCUT2D eigenvalue weighted by atomic mass is 10.1. The maximum Gasteiger partial charge on any atom is 0.245 e. The highest BCUT2D eigenvalue weighted by Crippen LogP contribution is 2.34. The van der Waals surface area contributed by atoms with Gasteiger partial charge in [-0.05, 0) is 19.1 Å². The van der Waals surface area contributed by atoms with Crippen LogP contribution >= 0.6 is 11.3 Å². The number of carbonyl (C=O) groups is 1. The molecule has 0 aromatic carbocycles. The van der Waals surface area contributed by atoms with Crippen molar-refractivity contribution in [3.8, 4) is 11.3 Å². The molecular weight excluding hydrogens is 314 g/mol. The summed E-state index contributed by atoms with van der Waals surface area (Å²) in [4.78, 5) is 24.9. The minimum absolute atomic E-state index is 0.164. The van der Waals surface area contributed by atoms with Crippen molar-refractivity contribution in [2.45, 2.75) is 13.0 Å². The number of nitrogens with two attached hydrogens (primary N) is 1. The number of thiazole rings is 1. The molecule has 3 rings (SSSR count). The molecule has 3 aromatic rings. The molecule has 1 atom stereocenters. The van der Waals surface area contributed by atoms with E-state index in [1.807, 2.05) is 25.3 Å². The van der Waals surface area contributed by atoms with Gasteiger partial charge in [0.2, 0.25) is 5.91 Å². The van der Waals surface area contributed by atoms with E-state index < -0.39 is 6.04 Å². The highest BCUT2D eigenvalue weighted by molar-refractivity contribution is 7.16. The number of pyridine rings is 1. The molecule has 0 fully saturated rings. The van der Waals surface area contributed by atoms with Crippen molar-refractivity contribution in [3.05, 3.63) is 29.4 Å². The molecule has 8 heteroatoms. The minimum Gasteiger partial charge on any atom is -0.383 e. The van der Waals surface area contributed by atoms with Gasteiger partial charge < -0.3 is 20.8 Å². The number of aromatic amines is 1. The summed E-state index contributed by atoms with van der Waals surface area (Å²) < 4.78 is 4.88. The molecule has 0 saturated heterocycles. The van der Waals surface area contributed by atoms with Gasteiger partial charge in [-0.3, -0.25) is 4.79 Å². The number of aryl methyl sites for hydroxylation is 1. The zero-order valence-corrected chi connectivity index (χ0v) is 13.6. The Labute approximate surface area is 136 Å². The fourth-order valence-electron chi connectivity index (χ4n) is 2.30. The zero-order valence-electron chi connectivity index (χ0n) is 12.8. The summed E-state index contributed by atoms with van der Waals surface area (Å²) in [5, 5.41) is 4.25. The molecule has 1 unspecified atom stereocenters. The lowest BCUT2D eigenvalue weighted by Crippen LogP contribution is -2.39. The van der Waals surface area contributed by atoms with E-state index in [9.17, 15) is 4.79 Å². The van der Waals surface area contributed by atoms with Crippen LogP contribution in [0.5, 0.6) is 0 Å². The maximum absolute atomic E-state index is 12.0. The fraction of sp³-hybridized carbons (Fsp3) is 0.267. The number of hydrogen-bond donors (Lipinski definition) is 3. The van der Waals surface area contributed by atoms with Crippen LogP contribution in [0.4, 0.5) is 5.13 Å². The van der Waals surface area contributed by atoms with Crippen LogP contribution in [0, 0.1) is 6.92 Å². The largest absolute Gasteiger partial charge is 0.383 e. The third kappa shape index (κ3) is 3.09. The van der Waals surface area contributed by atoms with Gasteiger partial charge >= 0.3 is 0 Å². The van der Waals surface area contributed by atoms with Crippen molar-refractivity contribution in [3.63, 3.8) is 0 Å². The number of nitrogens with zero attached hydrogens (tertiary/aromatic N) is 2. The van der Waals surface area contributed by atoms with Crippen molar-refractivity contribution in [1.29, 1.82) is 0 Å². The number of fused-ring (bicyclic) bond motifs is 1. The first-order valence-electron chi connectivity index (χ1n) is 7.05. The topological polar surface area (TPSA) is 106 Å². The summed E-state index contributed by atoms with van der Waals surface area (Å²) in [5.41, 5.74) is 8.31. The molecule has 3 aromatic heterocycles. The van der Waals surface area contributed by atoms with Gasteiger partial charge in [0.05, 0.1) is 12.3 Å². The summed E-state index contributed by atoms with van der Waals surface area (Å²) in [6.07, 6.45) is 3.61. The number of nitrogens with one attached hydrogen (secondary N) is 2. The minimum atomic E-state index is -0.718. The number of anilines is 1. The molecule has 1 amide bonds. The van der Waals surface area contributed by atoms with E-state index >= 15 is 0 Å². The number of H-pyrrole nitrogens is 1. The Bertz CT molecular complexity index is 841. The van der Waals surface area contributed by atoms with Crippen LogP contribution in [0.1, 0.15) is 4.88 Å². The Morgan fingerprint density at radius 1 is 1.57 bits per heavy atom. The van der Waals surface area contributed by atoms with Gasteiger partial charge in [-0.1, -0.05) is 0 Å². The molecule has 4 N–H and O–H groups in total. The number of hydrogen-bond acceptors (Lipinski definition) is 6. The van der Waals surface area contributed by atoms with E-state index in [1.165, 1.54) is 18.4 Å². The van der Waals surface area contributed by atoms with Crippen LogP contribution in [0.25, 0.3) is 22.3 Å². The van der Waals surface area contributed by atoms with Crippen LogP contribution < -0.4 is 11.1 Å². The van der Waals surface area contributed by atoms with Gasteiger partial charge in [0.15, 0.2) is 5.13 Å². The molecule has 0 aliphatic rings. The van der Waals surface area contributed by atoms with Crippen LogP contribution in [-0.4, -0.2) is 40.6 Å². The SMILES string of the molecule is COCC(N)C(=O)Nc1nc(-c2c[nH]c3ncccc23)c(C)s1. The zero-order chi connectivity index (χ0) is 16.4. The Morgan fingerprint density at radius 2 is 2.39 bits per heavy atom. The number of amides is 1. The fourth-order valence-corrected chi connectivity index (χ4v) is 3.14. The summed E-state index contributed by atoms with van der Waals surface area (Å²) in [6, 6.07) is 3.15. The Kier molecular flexibility index (Phi) is 4.37. The predicted octanol–water partition coefficient (Wildman–Crippen LogP) is 1.91. The summed E-state index contributed by atoms with van der Waals surface area (Å²) in [6.45, 7) is 2.13. The van der Waals surface area contributed by atoms with Crippen molar-refractivity contribution in [2.24, 2.45) is 5.73 Å². The Hall–Kier alpha value is -2.29. The Morgan fingerprint density at radius 3 is 3.17 bits per heavy atom. The molecule has 0 saturated carbocycles.